The SMILES string of the molecule is O=CC1C(F)=C(F)C(F)=CC1(F)C=O. The van der Waals surface area contributed by atoms with Gasteiger partial charge in [-0.15, -0.1) is 0 Å². The van der Waals surface area contributed by atoms with Crippen LogP contribution in [0, 0.1) is 5.92 Å². The van der Waals surface area contributed by atoms with Gasteiger partial charge in [-0.05, 0) is 6.08 Å². The summed E-state index contributed by atoms with van der Waals surface area (Å²) in [5.74, 6) is -7.93. The second-order valence-corrected chi connectivity index (χ2v) is 2.71. The first-order valence-corrected chi connectivity index (χ1v) is 3.50. The monoisotopic (exact) mass is 208 g/mol. The van der Waals surface area contributed by atoms with Crippen molar-refractivity contribution >= 4 is 12.6 Å². The average Bonchev–Trinajstić information content (AvgIpc) is 2.15. The van der Waals surface area contributed by atoms with Crippen LogP contribution in [0.15, 0.2) is 23.6 Å². The molecule has 0 spiro atoms. The van der Waals surface area contributed by atoms with E-state index in [-0.39, 0.29) is 12.4 Å². The number of alkyl halides is 1. The molecule has 76 valence electrons. The minimum absolute atomic E-state index is 0.0581. The number of halogens is 4. The number of rotatable bonds is 2. The molecule has 0 aromatic carbocycles. The molecule has 0 saturated carbocycles. The van der Waals surface area contributed by atoms with Crippen LogP contribution >= 0.6 is 0 Å². The van der Waals surface area contributed by atoms with E-state index in [9.17, 15) is 27.2 Å². The van der Waals surface area contributed by atoms with Crippen molar-refractivity contribution < 1.29 is 27.2 Å². The third kappa shape index (κ3) is 1.36. The fraction of sp³-hybridized carbons (Fsp3) is 0.250. The average molecular weight is 208 g/mol. The highest BCUT2D eigenvalue weighted by Crippen LogP contribution is 2.38. The Morgan fingerprint density at radius 3 is 2.29 bits per heavy atom. The Morgan fingerprint density at radius 1 is 1.29 bits per heavy atom. The minimum atomic E-state index is -3.15. The van der Waals surface area contributed by atoms with Gasteiger partial charge in [0.15, 0.2) is 23.8 Å². The van der Waals surface area contributed by atoms with Crippen LogP contribution in [0.25, 0.3) is 0 Å². The Kier molecular flexibility index (Phi) is 2.55. The molecule has 14 heavy (non-hydrogen) atoms. The maximum Gasteiger partial charge on any atom is 0.202 e. The van der Waals surface area contributed by atoms with E-state index in [1.807, 2.05) is 0 Å². The minimum Gasteiger partial charge on any atom is -0.302 e. The van der Waals surface area contributed by atoms with Crippen LogP contribution in [0.4, 0.5) is 17.6 Å². The van der Waals surface area contributed by atoms with Gasteiger partial charge in [-0.25, -0.2) is 17.6 Å². The van der Waals surface area contributed by atoms with Crippen molar-refractivity contribution in [1.29, 1.82) is 0 Å². The molecule has 2 atom stereocenters. The molecule has 1 aliphatic rings. The highest BCUT2D eigenvalue weighted by Gasteiger charge is 2.46. The first kappa shape index (κ1) is 10.6. The summed E-state index contributed by atoms with van der Waals surface area (Å²) in [5.41, 5.74) is -3.15. The van der Waals surface area contributed by atoms with E-state index in [2.05, 4.69) is 0 Å². The van der Waals surface area contributed by atoms with E-state index in [0.717, 1.165) is 0 Å². The van der Waals surface area contributed by atoms with E-state index in [1.54, 1.807) is 0 Å². The van der Waals surface area contributed by atoms with Crippen LogP contribution in [-0.2, 0) is 9.59 Å². The maximum atomic E-state index is 13.3. The van der Waals surface area contributed by atoms with Gasteiger partial charge in [-0.2, -0.15) is 0 Å². The lowest BCUT2D eigenvalue weighted by atomic mass is 9.86. The fourth-order valence-electron chi connectivity index (χ4n) is 1.06. The summed E-state index contributed by atoms with van der Waals surface area (Å²) in [7, 11) is 0. The number of hydrogen-bond donors (Lipinski definition) is 0. The van der Waals surface area contributed by atoms with Crippen molar-refractivity contribution in [3.8, 4) is 0 Å². The van der Waals surface area contributed by atoms with Crippen LogP contribution < -0.4 is 0 Å². The Balaban J connectivity index is 3.30. The van der Waals surface area contributed by atoms with Crippen LogP contribution in [0.5, 0.6) is 0 Å². The molecule has 0 saturated heterocycles. The Morgan fingerprint density at radius 2 is 1.86 bits per heavy atom. The maximum absolute atomic E-state index is 13.3. The van der Waals surface area contributed by atoms with Crippen molar-refractivity contribution in [2.75, 3.05) is 0 Å². The zero-order valence-electron chi connectivity index (χ0n) is 6.64. The molecule has 0 bridgehead atoms. The van der Waals surface area contributed by atoms with E-state index in [1.165, 1.54) is 0 Å². The van der Waals surface area contributed by atoms with E-state index < -0.39 is 35.4 Å². The van der Waals surface area contributed by atoms with Crippen LogP contribution in [0.3, 0.4) is 0 Å². The molecule has 0 heterocycles. The molecular weight excluding hydrogens is 204 g/mol. The Bertz CT molecular complexity index is 347. The molecule has 6 heteroatoms. The molecule has 0 aliphatic heterocycles. The second-order valence-electron chi connectivity index (χ2n) is 2.71. The van der Waals surface area contributed by atoms with Gasteiger partial charge in [0, 0.05) is 0 Å². The molecule has 2 unspecified atom stereocenters. The zero-order valence-corrected chi connectivity index (χ0v) is 6.64. The predicted octanol–water partition coefficient (Wildman–Crippen LogP) is 1.73. The third-order valence-electron chi connectivity index (χ3n) is 1.83. The summed E-state index contributed by atoms with van der Waals surface area (Å²) < 4.78 is 51.1. The molecule has 1 aliphatic carbocycles. The smallest absolute Gasteiger partial charge is 0.202 e. The molecular formula is C8H4F4O2. The van der Waals surface area contributed by atoms with Crippen LogP contribution in [-0.4, -0.2) is 18.2 Å². The molecule has 0 fully saturated rings. The van der Waals surface area contributed by atoms with Gasteiger partial charge in [0.2, 0.25) is 5.67 Å². The van der Waals surface area contributed by atoms with Crippen molar-refractivity contribution in [3.63, 3.8) is 0 Å². The predicted molar refractivity (Wildman–Crippen MR) is 37.9 cm³/mol. The topological polar surface area (TPSA) is 34.1 Å². The molecule has 1 rings (SSSR count). The van der Waals surface area contributed by atoms with Crippen molar-refractivity contribution in [3.05, 3.63) is 23.6 Å². The summed E-state index contributed by atoms with van der Waals surface area (Å²) >= 11 is 0. The molecule has 0 N–H and O–H groups in total. The largest absolute Gasteiger partial charge is 0.302 e. The van der Waals surface area contributed by atoms with Gasteiger partial charge in [0.05, 0.1) is 0 Å². The van der Waals surface area contributed by atoms with Crippen molar-refractivity contribution in [2.45, 2.75) is 5.67 Å². The lowest BCUT2D eigenvalue weighted by Gasteiger charge is -2.23. The number of carbonyl (C=O) groups is 2. The lowest BCUT2D eigenvalue weighted by molar-refractivity contribution is -0.124. The van der Waals surface area contributed by atoms with Gasteiger partial charge in [-0.3, -0.25) is 4.79 Å². The van der Waals surface area contributed by atoms with Gasteiger partial charge in [0.1, 0.15) is 12.2 Å². The van der Waals surface area contributed by atoms with Gasteiger partial charge in [-0.1, -0.05) is 0 Å². The summed E-state index contributed by atoms with van der Waals surface area (Å²) in [6.45, 7) is 0. The highest BCUT2D eigenvalue weighted by atomic mass is 19.2. The summed E-state index contributed by atoms with van der Waals surface area (Å²) in [6.07, 6.45) is -0.790. The zero-order chi connectivity index (χ0) is 10.9. The number of aldehydes is 2. The Labute approximate surface area is 75.9 Å². The van der Waals surface area contributed by atoms with E-state index >= 15 is 0 Å². The molecule has 2 nitrogen and oxygen atoms in total. The third-order valence-corrected chi connectivity index (χ3v) is 1.83. The first-order valence-electron chi connectivity index (χ1n) is 3.50. The van der Waals surface area contributed by atoms with Crippen LogP contribution in [0.1, 0.15) is 0 Å². The van der Waals surface area contributed by atoms with Gasteiger partial charge < -0.3 is 4.79 Å². The molecule has 0 aromatic rings. The Hall–Kier alpha value is -1.46. The van der Waals surface area contributed by atoms with Gasteiger partial charge in [0.25, 0.3) is 0 Å². The molecule has 0 radical (unpaired) electrons. The lowest BCUT2D eigenvalue weighted by Crippen LogP contribution is -2.37. The number of allylic oxidation sites excluding steroid dienone is 4. The fourth-order valence-corrected chi connectivity index (χ4v) is 1.06. The summed E-state index contributed by atoms with van der Waals surface area (Å²) in [6, 6.07) is 0. The highest BCUT2D eigenvalue weighted by molar-refractivity contribution is 5.78. The summed E-state index contributed by atoms with van der Waals surface area (Å²) in [4.78, 5) is 20.4. The normalized spacial score (nSPS) is 32.6. The summed E-state index contributed by atoms with van der Waals surface area (Å²) in [5, 5.41) is 0. The van der Waals surface area contributed by atoms with Crippen LogP contribution in [0.2, 0.25) is 0 Å². The molecule has 0 amide bonds. The second kappa shape index (κ2) is 3.36. The first-order chi connectivity index (χ1) is 6.46. The van der Waals surface area contributed by atoms with Crippen molar-refractivity contribution in [2.24, 2.45) is 5.92 Å². The van der Waals surface area contributed by atoms with E-state index in [4.69, 9.17) is 0 Å². The molecule has 0 aromatic heterocycles. The van der Waals surface area contributed by atoms with Gasteiger partial charge >= 0.3 is 0 Å². The van der Waals surface area contributed by atoms with E-state index in [0.29, 0.717) is 0 Å². The quantitative estimate of drug-likeness (QED) is 0.511. The number of carbonyl (C=O) groups excluding carboxylic acids is 2. The standard InChI is InChI=1S/C8H4F4O2/c9-5-1-8(12,3-14)4(2-13)6(10)7(5)11/h1-4H. The number of hydrogen-bond acceptors (Lipinski definition) is 2. The van der Waals surface area contributed by atoms with Crippen molar-refractivity contribution in [1.82, 2.24) is 0 Å².